The smallest absolute Gasteiger partial charge is 0.260 e. The number of rotatable bonds is 5. The molecule has 2 heterocycles. The maximum Gasteiger partial charge on any atom is 0.260 e. The van der Waals surface area contributed by atoms with E-state index in [0.717, 1.165) is 10.4 Å². The lowest BCUT2D eigenvalue weighted by molar-refractivity contribution is 0.214. The number of allylic oxidation sites excluding steroid dienone is 1. The Morgan fingerprint density at radius 2 is 2.11 bits per heavy atom. The SMILES string of the molecule is C=c1cccc(N=C(N=C=[N-])N2CCN(c3nc4ccccc4c(=O)[nH]3)CC2C(C)C)/c1=C/C=C\NO. The summed E-state index contributed by atoms with van der Waals surface area (Å²) < 4.78 is 0. The van der Waals surface area contributed by atoms with Crippen molar-refractivity contribution in [2.75, 3.05) is 24.5 Å². The lowest BCUT2D eigenvalue weighted by atomic mass is 10.00. The number of aromatic amines is 1. The fourth-order valence-corrected chi connectivity index (χ4v) is 4.43. The molecule has 3 N–H and O–H groups in total. The van der Waals surface area contributed by atoms with Gasteiger partial charge in [0.2, 0.25) is 5.95 Å². The Bertz CT molecular complexity index is 1550. The van der Waals surface area contributed by atoms with E-state index in [2.05, 4.69) is 40.3 Å². The number of aliphatic imine (C=N–C) groups is 2. The van der Waals surface area contributed by atoms with Gasteiger partial charge < -0.3 is 20.2 Å². The molecule has 1 saturated heterocycles. The van der Waals surface area contributed by atoms with Crippen LogP contribution in [0.5, 0.6) is 0 Å². The van der Waals surface area contributed by atoms with Gasteiger partial charge in [-0.15, -0.1) is 6.01 Å². The molecule has 3 aromatic rings. The minimum atomic E-state index is -0.173. The van der Waals surface area contributed by atoms with Gasteiger partial charge in [-0.2, -0.15) is 0 Å². The number of hydrogen-bond acceptors (Lipinski definition) is 6. The summed E-state index contributed by atoms with van der Waals surface area (Å²) in [5.74, 6) is 1.03. The van der Waals surface area contributed by atoms with Crippen molar-refractivity contribution in [1.82, 2.24) is 20.3 Å². The van der Waals surface area contributed by atoms with Gasteiger partial charge in [0.05, 0.1) is 22.6 Å². The van der Waals surface area contributed by atoms with Crippen LogP contribution in [-0.4, -0.2) is 57.7 Å². The van der Waals surface area contributed by atoms with Crippen LogP contribution in [0.25, 0.3) is 29.0 Å². The first-order valence-electron chi connectivity index (χ1n) is 12.0. The average Bonchev–Trinajstić information content (AvgIpc) is 2.89. The number of hydroxylamine groups is 1. The van der Waals surface area contributed by atoms with E-state index in [-0.39, 0.29) is 17.5 Å². The largest absolute Gasteiger partial charge is 0.422 e. The van der Waals surface area contributed by atoms with Crippen LogP contribution in [0.3, 0.4) is 0 Å². The van der Waals surface area contributed by atoms with Gasteiger partial charge in [0.1, 0.15) is 5.96 Å². The van der Waals surface area contributed by atoms with Crippen LogP contribution in [0.1, 0.15) is 13.8 Å². The molecule has 1 fully saturated rings. The predicted molar refractivity (Wildman–Crippen MR) is 148 cm³/mol. The van der Waals surface area contributed by atoms with Crippen LogP contribution in [0.4, 0.5) is 11.6 Å². The zero-order chi connectivity index (χ0) is 26.4. The van der Waals surface area contributed by atoms with E-state index in [4.69, 9.17) is 10.2 Å². The molecule has 0 saturated carbocycles. The molecule has 0 radical (unpaired) electrons. The average molecular weight is 498 g/mol. The predicted octanol–water partition coefficient (Wildman–Crippen LogP) is 2.18. The van der Waals surface area contributed by atoms with E-state index in [0.29, 0.717) is 48.1 Å². The maximum absolute atomic E-state index is 12.6. The normalized spacial score (nSPS) is 17.0. The number of nitrogens with one attached hydrogen (secondary N) is 2. The van der Waals surface area contributed by atoms with E-state index >= 15 is 0 Å². The van der Waals surface area contributed by atoms with Gasteiger partial charge in [0.25, 0.3) is 5.56 Å². The molecule has 37 heavy (non-hydrogen) atoms. The second kappa shape index (κ2) is 11.5. The monoisotopic (exact) mass is 497 g/mol. The highest BCUT2D eigenvalue weighted by atomic mass is 16.5. The Labute approximate surface area is 214 Å². The third kappa shape index (κ3) is 5.66. The zero-order valence-corrected chi connectivity index (χ0v) is 20.8. The van der Waals surface area contributed by atoms with Crippen molar-refractivity contribution in [3.8, 4) is 0 Å². The molecular weight excluding hydrogens is 468 g/mol. The minimum absolute atomic E-state index is 0.0461. The van der Waals surface area contributed by atoms with Crippen molar-refractivity contribution in [3.05, 3.63) is 80.9 Å². The Balaban J connectivity index is 1.71. The van der Waals surface area contributed by atoms with E-state index < -0.39 is 0 Å². The summed E-state index contributed by atoms with van der Waals surface area (Å²) in [7, 11) is 0. The van der Waals surface area contributed by atoms with Crippen molar-refractivity contribution >= 4 is 47.2 Å². The van der Waals surface area contributed by atoms with E-state index in [1.165, 1.54) is 6.20 Å². The molecule has 0 amide bonds. The summed E-state index contributed by atoms with van der Waals surface area (Å²) in [6.45, 7) is 9.93. The molecule has 10 nitrogen and oxygen atoms in total. The summed E-state index contributed by atoms with van der Waals surface area (Å²) in [5, 5.41) is 20.4. The molecule has 0 bridgehead atoms. The molecule has 0 spiro atoms. The number of nitrogens with zero attached hydrogens (tertiary/aromatic N) is 6. The van der Waals surface area contributed by atoms with Gasteiger partial charge in [-0.1, -0.05) is 50.8 Å². The molecule has 4 rings (SSSR count). The number of benzene rings is 2. The fraction of sp³-hybridized carbons (Fsp3) is 0.259. The topological polar surface area (TPSA) is 132 Å². The highest BCUT2D eigenvalue weighted by Gasteiger charge is 2.31. The molecular formula is C27H29N8O2-. The number of para-hydroxylation sites is 1. The summed E-state index contributed by atoms with van der Waals surface area (Å²) in [4.78, 5) is 33.2. The van der Waals surface area contributed by atoms with Crippen LogP contribution >= 0.6 is 0 Å². The Hall–Kier alpha value is -4.53. The van der Waals surface area contributed by atoms with E-state index in [1.54, 1.807) is 18.2 Å². The van der Waals surface area contributed by atoms with Gasteiger partial charge in [0, 0.05) is 31.1 Å². The van der Waals surface area contributed by atoms with Gasteiger partial charge in [0.15, 0.2) is 0 Å². The molecule has 1 aliphatic heterocycles. The first-order chi connectivity index (χ1) is 17.9. The standard InChI is InChI=1S/C27H29N8O2/c1-18(2)24-16-34(27-32-23-11-5-4-9-21(23)25(36)33-27)14-15-35(24)26(29-17-28)31-22-12-6-8-19(3)20(22)10-7-13-30-37/h4-13,18,24,30,37H,3,14-16H2,1-2H3,(H,32,33,36)/q-1/b13-7-,20-10+,31-26?. The van der Waals surface area contributed by atoms with Crippen LogP contribution < -0.4 is 26.4 Å². The van der Waals surface area contributed by atoms with Crippen molar-refractivity contribution < 1.29 is 5.21 Å². The van der Waals surface area contributed by atoms with Gasteiger partial charge in [-0.3, -0.25) is 20.5 Å². The van der Waals surface area contributed by atoms with Crippen LogP contribution in [0, 0.1) is 5.92 Å². The third-order valence-electron chi connectivity index (χ3n) is 6.32. The van der Waals surface area contributed by atoms with Crippen molar-refractivity contribution in [3.63, 3.8) is 0 Å². The summed E-state index contributed by atoms with van der Waals surface area (Å²) in [5.41, 5.74) is 3.05. The molecule has 190 valence electrons. The second-order valence-corrected chi connectivity index (χ2v) is 8.99. The fourth-order valence-electron chi connectivity index (χ4n) is 4.43. The van der Waals surface area contributed by atoms with Gasteiger partial charge in [-0.05, 0) is 35.4 Å². The van der Waals surface area contributed by atoms with Crippen molar-refractivity contribution in [2.45, 2.75) is 19.9 Å². The lowest BCUT2D eigenvalue weighted by Gasteiger charge is -2.45. The molecule has 0 aliphatic carbocycles. The number of hydrogen-bond donors (Lipinski definition) is 3. The lowest BCUT2D eigenvalue weighted by Crippen LogP contribution is -2.57. The highest BCUT2D eigenvalue weighted by molar-refractivity contribution is 5.88. The first kappa shape index (κ1) is 25.6. The number of H-pyrrole nitrogens is 1. The molecule has 1 aliphatic rings. The quantitative estimate of drug-likeness (QED) is 0.281. The summed E-state index contributed by atoms with van der Waals surface area (Å²) in [6.07, 6.45) is 4.78. The minimum Gasteiger partial charge on any atom is -0.422 e. The third-order valence-corrected chi connectivity index (χ3v) is 6.32. The Morgan fingerprint density at radius 1 is 1.30 bits per heavy atom. The number of aromatic nitrogens is 2. The van der Waals surface area contributed by atoms with Crippen LogP contribution in [0.15, 0.2) is 69.5 Å². The molecule has 2 aromatic carbocycles. The summed E-state index contributed by atoms with van der Waals surface area (Å²) in [6, 6.07) is 14.7. The molecule has 10 heteroatoms. The number of piperazine rings is 1. The maximum atomic E-state index is 12.6. The molecule has 1 atom stereocenters. The molecule has 1 aromatic heterocycles. The number of fused-ring (bicyclic) bond motifs is 1. The first-order valence-corrected chi connectivity index (χ1v) is 12.0. The zero-order valence-electron chi connectivity index (χ0n) is 20.8. The van der Waals surface area contributed by atoms with Gasteiger partial charge >= 0.3 is 0 Å². The van der Waals surface area contributed by atoms with Crippen LogP contribution in [0.2, 0.25) is 0 Å². The highest BCUT2D eigenvalue weighted by Crippen LogP contribution is 2.23. The Morgan fingerprint density at radius 3 is 2.86 bits per heavy atom. The number of anilines is 1. The van der Waals surface area contributed by atoms with Crippen LogP contribution in [-0.2, 0) is 0 Å². The van der Waals surface area contributed by atoms with Gasteiger partial charge in [-0.25, -0.2) is 9.98 Å². The molecule has 1 unspecified atom stereocenters. The van der Waals surface area contributed by atoms with E-state index in [1.807, 2.05) is 52.8 Å². The Kier molecular flexibility index (Phi) is 7.92. The van der Waals surface area contributed by atoms with Crippen molar-refractivity contribution in [1.29, 1.82) is 0 Å². The summed E-state index contributed by atoms with van der Waals surface area (Å²) >= 11 is 0. The second-order valence-electron chi connectivity index (χ2n) is 8.99. The number of guanidine groups is 1. The van der Waals surface area contributed by atoms with Crippen molar-refractivity contribution in [2.24, 2.45) is 15.9 Å². The van der Waals surface area contributed by atoms with E-state index in [9.17, 15) is 10.2 Å².